The van der Waals surface area contributed by atoms with Crippen molar-refractivity contribution in [2.24, 2.45) is 0 Å². The molecule has 1 saturated heterocycles. The molecule has 0 bridgehead atoms. The quantitative estimate of drug-likeness (QED) is 0.439. The molecule has 0 radical (unpaired) electrons. The number of hydrogen-bond acceptors (Lipinski definition) is 4. The minimum Gasteiger partial charge on any atom is -0.339 e. The van der Waals surface area contributed by atoms with Crippen LogP contribution < -0.4 is 5.56 Å². The normalized spacial score (nSPS) is 16.7. The number of likely N-dealkylation sites (tertiary alicyclic amines) is 1. The van der Waals surface area contributed by atoms with E-state index in [1.165, 1.54) is 18.2 Å². The number of thioether (sulfide) groups is 1. The maximum Gasteiger partial charge on any atom is 0.262 e. The second kappa shape index (κ2) is 9.47. The summed E-state index contributed by atoms with van der Waals surface area (Å²) in [7, 11) is 0. The molecule has 5 nitrogen and oxygen atoms in total. The Morgan fingerprint density at radius 3 is 2.67 bits per heavy atom. The average Bonchev–Trinajstić information content (AvgIpc) is 2.80. The fourth-order valence-electron chi connectivity index (χ4n) is 4.13. The van der Waals surface area contributed by atoms with Crippen molar-refractivity contribution in [3.05, 3.63) is 70.5 Å². The highest BCUT2D eigenvalue weighted by Gasteiger charge is 2.25. The van der Waals surface area contributed by atoms with Crippen LogP contribution in [0.4, 0.5) is 0 Å². The van der Waals surface area contributed by atoms with E-state index in [-0.39, 0.29) is 11.5 Å². The van der Waals surface area contributed by atoms with Crippen molar-refractivity contribution in [2.45, 2.75) is 50.4 Å². The number of amides is 1. The Bertz CT molecular complexity index is 1080. The molecule has 1 fully saturated rings. The highest BCUT2D eigenvalue weighted by molar-refractivity contribution is 7.99. The Kier molecular flexibility index (Phi) is 6.53. The van der Waals surface area contributed by atoms with Crippen LogP contribution in [0.15, 0.2) is 64.5 Å². The third-order valence-corrected chi connectivity index (χ3v) is 6.71. The number of benzene rings is 2. The summed E-state index contributed by atoms with van der Waals surface area (Å²) in [5.74, 6) is 0.441. The van der Waals surface area contributed by atoms with Crippen LogP contribution in [0.2, 0.25) is 0 Å². The van der Waals surface area contributed by atoms with Gasteiger partial charge in [0.15, 0.2) is 5.16 Å². The zero-order valence-electron chi connectivity index (χ0n) is 17.3. The van der Waals surface area contributed by atoms with Crippen molar-refractivity contribution in [1.82, 2.24) is 14.5 Å². The van der Waals surface area contributed by atoms with Crippen LogP contribution in [-0.2, 0) is 11.3 Å². The monoisotopic (exact) mass is 421 g/mol. The Labute approximate surface area is 181 Å². The van der Waals surface area contributed by atoms with Gasteiger partial charge in [0.1, 0.15) is 0 Å². The molecule has 2 aromatic carbocycles. The highest BCUT2D eigenvalue weighted by atomic mass is 32.2. The zero-order valence-corrected chi connectivity index (χ0v) is 18.1. The van der Waals surface area contributed by atoms with E-state index < -0.39 is 0 Å². The fraction of sp³-hybridized carbons (Fsp3) is 0.375. The SMILES string of the molecule is CC[C@H]1CCCCN1C(=O)CSc1nc2ccccc2c(=O)n1Cc1ccccc1. The fourth-order valence-corrected chi connectivity index (χ4v) is 5.01. The maximum atomic E-state index is 13.2. The van der Waals surface area contributed by atoms with Gasteiger partial charge in [-0.2, -0.15) is 0 Å². The van der Waals surface area contributed by atoms with Crippen molar-refractivity contribution < 1.29 is 4.79 Å². The van der Waals surface area contributed by atoms with Crippen LogP contribution in [0, 0.1) is 0 Å². The third-order valence-electron chi connectivity index (χ3n) is 5.75. The van der Waals surface area contributed by atoms with E-state index in [2.05, 4.69) is 6.92 Å². The van der Waals surface area contributed by atoms with Gasteiger partial charge in [-0.15, -0.1) is 0 Å². The number of carbonyl (C=O) groups is 1. The van der Waals surface area contributed by atoms with Crippen LogP contribution in [0.3, 0.4) is 0 Å². The molecular formula is C24H27N3O2S. The summed E-state index contributed by atoms with van der Waals surface area (Å²) >= 11 is 1.37. The zero-order chi connectivity index (χ0) is 20.9. The smallest absolute Gasteiger partial charge is 0.262 e. The second-order valence-electron chi connectivity index (χ2n) is 7.72. The lowest BCUT2D eigenvalue weighted by Crippen LogP contribution is -2.44. The van der Waals surface area contributed by atoms with E-state index in [0.717, 1.165) is 31.4 Å². The second-order valence-corrected chi connectivity index (χ2v) is 8.66. The topological polar surface area (TPSA) is 55.2 Å². The van der Waals surface area contributed by atoms with Crippen LogP contribution in [0.1, 0.15) is 38.2 Å². The first-order valence-electron chi connectivity index (χ1n) is 10.6. The van der Waals surface area contributed by atoms with Gasteiger partial charge in [-0.1, -0.05) is 61.2 Å². The highest BCUT2D eigenvalue weighted by Crippen LogP contribution is 2.23. The van der Waals surface area contributed by atoms with Gasteiger partial charge in [0.05, 0.1) is 23.2 Å². The van der Waals surface area contributed by atoms with Gasteiger partial charge in [-0.05, 0) is 43.4 Å². The first kappa shape index (κ1) is 20.7. The number of carbonyl (C=O) groups excluding carboxylic acids is 1. The molecule has 1 aromatic heterocycles. The van der Waals surface area contributed by atoms with E-state index in [1.807, 2.05) is 59.5 Å². The van der Waals surface area contributed by atoms with Gasteiger partial charge in [0.25, 0.3) is 5.56 Å². The number of hydrogen-bond donors (Lipinski definition) is 0. The summed E-state index contributed by atoms with van der Waals surface area (Å²) in [4.78, 5) is 32.9. The lowest BCUT2D eigenvalue weighted by molar-refractivity contribution is -0.132. The standard InChI is InChI=1S/C24H27N3O2S/c1-2-19-12-8-9-15-26(19)22(28)17-30-24-25-21-14-7-6-13-20(21)23(29)27(24)16-18-10-4-3-5-11-18/h3-7,10-11,13-14,19H,2,8-9,12,15-17H2,1H3/t19-/m0/s1. The average molecular weight is 422 g/mol. The first-order chi connectivity index (χ1) is 14.7. The van der Waals surface area contributed by atoms with Crippen molar-refractivity contribution in [1.29, 1.82) is 0 Å². The number of fused-ring (bicyclic) bond motifs is 1. The number of para-hydroxylation sites is 1. The van der Waals surface area contributed by atoms with Crippen molar-refractivity contribution in [2.75, 3.05) is 12.3 Å². The number of piperidine rings is 1. The van der Waals surface area contributed by atoms with E-state index in [0.29, 0.717) is 34.4 Å². The predicted molar refractivity (Wildman–Crippen MR) is 122 cm³/mol. The Morgan fingerprint density at radius 1 is 1.10 bits per heavy atom. The van der Waals surface area contributed by atoms with Gasteiger partial charge >= 0.3 is 0 Å². The van der Waals surface area contributed by atoms with Crippen molar-refractivity contribution >= 4 is 28.6 Å². The van der Waals surface area contributed by atoms with Crippen LogP contribution in [0.25, 0.3) is 10.9 Å². The minimum absolute atomic E-state index is 0.0659. The summed E-state index contributed by atoms with van der Waals surface area (Å²) in [5.41, 5.74) is 1.64. The van der Waals surface area contributed by atoms with Gasteiger partial charge in [-0.3, -0.25) is 14.2 Å². The molecule has 1 atom stereocenters. The molecule has 4 rings (SSSR count). The molecule has 0 unspecified atom stereocenters. The number of aromatic nitrogens is 2. The molecule has 0 aliphatic carbocycles. The number of rotatable bonds is 6. The molecule has 0 saturated carbocycles. The molecule has 0 spiro atoms. The third kappa shape index (κ3) is 4.43. The molecule has 0 N–H and O–H groups in total. The maximum absolute atomic E-state index is 13.2. The lowest BCUT2D eigenvalue weighted by Gasteiger charge is -2.35. The molecule has 3 aromatic rings. The molecule has 30 heavy (non-hydrogen) atoms. The van der Waals surface area contributed by atoms with Gasteiger partial charge < -0.3 is 4.90 Å². The van der Waals surface area contributed by atoms with E-state index in [1.54, 1.807) is 4.57 Å². The Morgan fingerprint density at radius 2 is 1.87 bits per heavy atom. The molecule has 156 valence electrons. The molecule has 1 aliphatic rings. The molecule has 1 aliphatic heterocycles. The summed E-state index contributed by atoms with van der Waals surface area (Å²) in [6.07, 6.45) is 4.33. The van der Waals surface area contributed by atoms with Crippen molar-refractivity contribution in [3.63, 3.8) is 0 Å². The Hall–Kier alpha value is -2.60. The van der Waals surface area contributed by atoms with Crippen LogP contribution >= 0.6 is 11.8 Å². The van der Waals surface area contributed by atoms with Crippen molar-refractivity contribution in [3.8, 4) is 0 Å². The summed E-state index contributed by atoms with van der Waals surface area (Å²) < 4.78 is 1.70. The summed E-state index contributed by atoms with van der Waals surface area (Å²) in [6.45, 7) is 3.42. The molecule has 6 heteroatoms. The molecule has 2 heterocycles. The summed E-state index contributed by atoms with van der Waals surface area (Å²) in [6, 6.07) is 17.6. The molecule has 1 amide bonds. The van der Waals surface area contributed by atoms with E-state index in [9.17, 15) is 9.59 Å². The number of nitrogens with zero attached hydrogens (tertiary/aromatic N) is 3. The van der Waals surface area contributed by atoms with E-state index >= 15 is 0 Å². The predicted octanol–water partition coefficient (Wildman–Crippen LogP) is 4.33. The minimum atomic E-state index is -0.0659. The van der Waals surface area contributed by atoms with Gasteiger partial charge in [-0.25, -0.2) is 4.98 Å². The lowest BCUT2D eigenvalue weighted by atomic mass is 10.0. The van der Waals surface area contributed by atoms with Crippen LogP contribution in [-0.4, -0.2) is 38.7 Å². The summed E-state index contributed by atoms with van der Waals surface area (Å²) in [5, 5.41) is 1.20. The van der Waals surface area contributed by atoms with Crippen LogP contribution in [0.5, 0.6) is 0 Å². The largest absolute Gasteiger partial charge is 0.339 e. The first-order valence-corrected chi connectivity index (χ1v) is 11.6. The van der Waals surface area contributed by atoms with E-state index in [4.69, 9.17) is 4.98 Å². The molecular weight excluding hydrogens is 394 g/mol. The van der Waals surface area contributed by atoms with Gasteiger partial charge in [0, 0.05) is 12.6 Å². The van der Waals surface area contributed by atoms with Gasteiger partial charge in [0.2, 0.25) is 5.91 Å². The Balaban J connectivity index is 1.62.